The quantitative estimate of drug-likeness (QED) is 0.506. The van der Waals surface area contributed by atoms with Gasteiger partial charge in [0.2, 0.25) is 0 Å². The van der Waals surface area contributed by atoms with E-state index in [1.165, 1.54) is 42.7 Å². The molecule has 0 bridgehead atoms. The topological polar surface area (TPSA) is 130 Å². The number of nitrogens with one attached hydrogen (secondary N) is 1. The number of hydrogen-bond donors (Lipinski definition) is 2. The molecular weight excluding hydrogens is 390 g/mol. The Morgan fingerprint density at radius 3 is 2.37 bits per heavy atom. The van der Waals surface area contributed by atoms with Gasteiger partial charge in [-0.15, -0.1) is 0 Å². The van der Waals surface area contributed by atoms with E-state index in [9.17, 15) is 19.2 Å². The summed E-state index contributed by atoms with van der Waals surface area (Å²) in [7, 11) is 0. The number of nitrogens with zero attached hydrogens (tertiary/aromatic N) is 2. The molecule has 9 nitrogen and oxygen atoms in total. The van der Waals surface area contributed by atoms with Crippen molar-refractivity contribution in [2.75, 3.05) is 4.90 Å². The summed E-state index contributed by atoms with van der Waals surface area (Å²) < 4.78 is 5.67. The minimum atomic E-state index is -1.04. The van der Waals surface area contributed by atoms with Crippen molar-refractivity contribution < 1.29 is 28.7 Å². The van der Waals surface area contributed by atoms with Crippen LogP contribution in [0.5, 0.6) is 0 Å². The zero-order valence-corrected chi connectivity index (χ0v) is 15.2. The lowest BCUT2D eigenvalue weighted by molar-refractivity contribution is -0.122. The number of carbonyl (C=O) groups is 4. The van der Waals surface area contributed by atoms with Gasteiger partial charge in [-0.2, -0.15) is 0 Å². The maximum Gasteiger partial charge on any atom is 0.335 e. The minimum Gasteiger partial charge on any atom is -0.478 e. The highest BCUT2D eigenvalue weighted by Gasteiger charge is 2.37. The number of benzene rings is 1. The number of imide groups is 2. The third-order valence-electron chi connectivity index (χ3n) is 4.35. The summed E-state index contributed by atoms with van der Waals surface area (Å²) in [6.07, 6.45) is 4.09. The molecule has 3 aromatic rings. The summed E-state index contributed by atoms with van der Waals surface area (Å²) in [4.78, 5) is 52.8. The predicted octanol–water partition coefficient (Wildman–Crippen LogP) is 2.71. The van der Waals surface area contributed by atoms with Gasteiger partial charge in [0.25, 0.3) is 11.8 Å². The van der Waals surface area contributed by atoms with Crippen LogP contribution in [0.3, 0.4) is 0 Å². The van der Waals surface area contributed by atoms with Gasteiger partial charge in [0.05, 0.1) is 11.3 Å². The van der Waals surface area contributed by atoms with Crippen molar-refractivity contribution in [1.29, 1.82) is 0 Å². The van der Waals surface area contributed by atoms with Gasteiger partial charge in [-0.05, 0) is 42.5 Å². The Bertz CT molecular complexity index is 1190. The average molecular weight is 403 g/mol. The van der Waals surface area contributed by atoms with Gasteiger partial charge in [0.15, 0.2) is 0 Å². The number of carbonyl (C=O) groups excluding carboxylic acids is 3. The molecule has 1 aromatic carbocycles. The number of carboxylic acid groups (broad SMARTS) is 1. The number of amides is 4. The van der Waals surface area contributed by atoms with E-state index in [4.69, 9.17) is 9.52 Å². The molecule has 0 atom stereocenters. The molecule has 148 valence electrons. The largest absolute Gasteiger partial charge is 0.478 e. The van der Waals surface area contributed by atoms with Gasteiger partial charge >= 0.3 is 12.0 Å². The highest BCUT2D eigenvalue weighted by molar-refractivity contribution is 6.39. The number of furan rings is 1. The van der Waals surface area contributed by atoms with Crippen LogP contribution in [0.1, 0.15) is 16.1 Å². The molecule has 4 rings (SSSR count). The Kier molecular flexibility index (Phi) is 4.69. The molecule has 9 heteroatoms. The van der Waals surface area contributed by atoms with Gasteiger partial charge in [-0.25, -0.2) is 14.5 Å². The molecular formula is C21H13N3O6. The van der Waals surface area contributed by atoms with Gasteiger partial charge in [-0.1, -0.05) is 12.1 Å². The molecule has 0 spiro atoms. The van der Waals surface area contributed by atoms with Crippen LogP contribution in [0.4, 0.5) is 10.5 Å². The molecule has 0 radical (unpaired) electrons. The molecule has 0 aliphatic carbocycles. The van der Waals surface area contributed by atoms with Crippen molar-refractivity contribution in [1.82, 2.24) is 10.3 Å². The zero-order valence-electron chi connectivity index (χ0n) is 15.2. The fraction of sp³-hybridized carbons (Fsp3) is 0. The summed E-state index contributed by atoms with van der Waals surface area (Å²) in [5, 5.41) is 11.1. The first kappa shape index (κ1) is 18.8. The molecule has 2 N–H and O–H groups in total. The van der Waals surface area contributed by atoms with Gasteiger partial charge < -0.3 is 9.52 Å². The normalized spacial score (nSPS) is 15.4. The van der Waals surface area contributed by atoms with Crippen molar-refractivity contribution >= 4 is 35.6 Å². The number of urea groups is 1. The number of barbiturate groups is 1. The number of hydrogen-bond acceptors (Lipinski definition) is 6. The van der Waals surface area contributed by atoms with E-state index in [2.05, 4.69) is 10.3 Å². The molecule has 1 aliphatic rings. The van der Waals surface area contributed by atoms with Crippen LogP contribution in [0, 0.1) is 0 Å². The third-order valence-corrected chi connectivity index (χ3v) is 4.35. The molecule has 1 fully saturated rings. The number of rotatable bonds is 4. The van der Waals surface area contributed by atoms with Crippen LogP contribution < -0.4 is 10.2 Å². The summed E-state index contributed by atoms with van der Waals surface area (Å²) in [6, 6.07) is 11.3. The predicted molar refractivity (Wildman–Crippen MR) is 104 cm³/mol. The summed E-state index contributed by atoms with van der Waals surface area (Å²) in [6.45, 7) is 0. The Labute approximate surface area is 169 Å². The van der Waals surface area contributed by atoms with Gasteiger partial charge in [-0.3, -0.25) is 19.9 Å². The van der Waals surface area contributed by atoms with E-state index in [-0.39, 0.29) is 22.6 Å². The lowest BCUT2D eigenvalue weighted by atomic mass is 10.1. The second kappa shape index (κ2) is 7.47. The molecule has 1 saturated heterocycles. The number of aromatic nitrogens is 1. The third kappa shape index (κ3) is 3.47. The lowest BCUT2D eigenvalue weighted by Crippen LogP contribution is -2.54. The smallest absolute Gasteiger partial charge is 0.335 e. The second-order valence-electron chi connectivity index (χ2n) is 6.25. The molecule has 30 heavy (non-hydrogen) atoms. The Morgan fingerprint density at radius 1 is 1.00 bits per heavy atom. The van der Waals surface area contributed by atoms with Crippen LogP contribution in [-0.4, -0.2) is 33.9 Å². The Hall–Kier alpha value is -4.53. The first-order valence-electron chi connectivity index (χ1n) is 8.69. The van der Waals surface area contributed by atoms with Crippen molar-refractivity contribution in [3.8, 4) is 11.3 Å². The average Bonchev–Trinajstić information content (AvgIpc) is 3.20. The van der Waals surface area contributed by atoms with Crippen LogP contribution >= 0.6 is 0 Å². The van der Waals surface area contributed by atoms with E-state index in [0.717, 1.165) is 4.90 Å². The van der Waals surface area contributed by atoms with E-state index in [1.54, 1.807) is 24.3 Å². The monoisotopic (exact) mass is 403 g/mol. The van der Waals surface area contributed by atoms with Crippen LogP contribution in [0.15, 0.2) is 70.9 Å². The van der Waals surface area contributed by atoms with Crippen LogP contribution in [0.2, 0.25) is 0 Å². The molecule has 2 aromatic heterocycles. The number of anilines is 1. The molecule has 4 amide bonds. The second-order valence-corrected chi connectivity index (χ2v) is 6.25. The SMILES string of the molecule is O=C1NC(=O)N(c2ccncc2)C(=O)/C1=C/c1ccc(-c2ccc(C(=O)O)cc2)o1. The fourth-order valence-electron chi connectivity index (χ4n) is 2.89. The maximum atomic E-state index is 12.8. The molecule has 3 heterocycles. The highest BCUT2D eigenvalue weighted by atomic mass is 16.4. The standard InChI is InChI=1S/C21H13N3O6/c25-18-16(19(26)24(21(29)23-18)14-7-9-22-10-8-14)11-15-5-6-17(30-15)12-1-3-13(4-2-12)20(27)28/h1-11H,(H,27,28)(H,23,25,29)/b16-11+. The maximum absolute atomic E-state index is 12.8. The van der Waals surface area contributed by atoms with Crippen molar-refractivity contribution in [2.24, 2.45) is 0 Å². The van der Waals surface area contributed by atoms with Crippen molar-refractivity contribution in [3.63, 3.8) is 0 Å². The van der Waals surface area contributed by atoms with Crippen LogP contribution in [-0.2, 0) is 9.59 Å². The molecule has 1 aliphatic heterocycles. The molecule has 0 saturated carbocycles. The summed E-state index contributed by atoms with van der Waals surface area (Å²) >= 11 is 0. The summed E-state index contributed by atoms with van der Waals surface area (Å²) in [5.41, 5.74) is 0.758. The summed E-state index contributed by atoms with van der Waals surface area (Å²) in [5.74, 6) is -2.03. The number of pyridine rings is 1. The Balaban J connectivity index is 1.64. The lowest BCUT2D eigenvalue weighted by Gasteiger charge is -2.25. The van der Waals surface area contributed by atoms with Gasteiger partial charge in [0, 0.05) is 18.0 Å². The molecule has 0 unspecified atom stereocenters. The van der Waals surface area contributed by atoms with E-state index in [1.807, 2.05) is 0 Å². The van der Waals surface area contributed by atoms with Crippen molar-refractivity contribution in [2.45, 2.75) is 0 Å². The van der Waals surface area contributed by atoms with Crippen molar-refractivity contribution in [3.05, 3.63) is 77.8 Å². The van der Waals surface area contributed by atoms with Gasteiger partial charge in [0.1, 0.15) is 17.1 Å². The first-order valence-corrected chi connectivity index (χ1v) is 8.69. The van der Waals surface area contributed by atoms with E-state index in [0.29, 0.717) is 11.3 Å². The highest BCUT2D eigenvalue weighted by Crippen LogP contribution is 2.26. The minimum absolute atomic E-state index is 0.137. The van der Waals surface area contributed by atoms with Crippen LogP contribution in [0.25, 0.3) is 17.4 Å². The first-order chi connectivity index (χ1) is 14.4. The van der Waals surface area contributed by atoms with E-state index >= 15 is 0 Å². The Morgan fingerprint density at radius 2 is 1.70 bits per heavy atom. The fourth-order valence-corrected chi connectivity index (χ4v) is 2.89. The number of carboxylic acids is 1. The van der Waals surface area contributed by atoms with E-state index < -0.39 is 23.8 Å². The zero-order chi connectivity index (χ0) is 21.3. The number of aromatic carboxylic acids is 1.